The molecule has 1 fully saturated rings. The van der Waals surface area contributed by atoms with Crippen molar-refractivity contribution in [1.82, 2.24) is 5.32 Å². The SMILES string of the molecule is COc1cc(C2N[C@H](C(=O)O)CS2)cc(OC)c1O. The first-order valence-corrected chi connectivity index (χ1v) is 6.67. The van der Waals surface area contributed by atoms with E-state index in [9.17, 15) is 9.90 Å². The third kappa shape index (κ3) is 2.71. The minimum absolute atomic E-state index is 0.0634. The summed E-state index contributed by atoms with van der Waals surface area (Å²) >= 11 is 1.49. The molecule has 1 aromatic rings. The molecule has 2 rings (SSSR count). The predicted octanol–water partition coefficient (Wildman–Crippen LogP) is 1.20. The number of carbonyl (C=O) groups is 1. The van der Waals surface area contributed by atoms with Gasteiger partial charge in [-0.2, -0.15) is 0 Å². The first kappa shape index (κ1) is 13.8. The molecule has 1 saturated heterocycles. The molecule has 1 aliphatic heterocycles. The number of phenols is 1. The lowest BCUT2D eigenvalue weighted by atomic mass is 10.1. The van der Waals surface area contributed by atoms with Crippen molar-refractivity contribution in [3.05, 3.63) is 17.7 Å². The second-order valence-corrected chi connectivity index (χ2v) is 5.18. The average molecular weight is 285 g/mol. The molecular formula is C12H15NO5S. The average Bonchev–Trinajstić information content (AvgIpc) is 2.89. The van der Waals surface area contributed by atoms with Crippen molar-refractivity contribution in [2.75, 3.05) is 20.0 Å². The number of hydrogen-bond donors (Lipinski definition) is 3. The van der Waals surface area contributed by atoms with Gasteiger partial charge in [-0.15, -0.1) is 11.8 Å². The van der Waals surface area contributed by atoms with Gasteiger partial charge in [0.25, 0.3) is 0 Å². The second-order valence-electron chi connectivity index (χ2n) is 4.04. The van der Waals surface area contributed by atoms with Crippen molar-refractivity contribution in [3.8, 4) is 17.2 Å². The fraction of sp³-hybridized carbons (Fsp3) is 0.417. The van der Waals surface area contributed by atoms with E-state index in [2.05, 4.69) is 5.32 Å². The van der Waals surface area contributed by atoms with E-state index in [-0.39, 0.29) is 11.1 Å². The van der Waals surface area contributed by atoms with Crippen LogP contribution in [0.25, 0.3) is 0 Å². The van der Waals surface area contributed by atoms with Crippen LogP contribution in [0.3, 0.4) is 0 Å². The number of aromatic hydroxyl groups is 1. The Bertz CT molecular complexity index is 468. The summed E-state index contributed by atoms with van der Waals surface area (Å²) < 4.78 is 10.2. The zero-order chi connectivity index (χ0) is 14.0. The molecule has 1 heterocycles. The van der Waals surface area contributed by atoms with Crippen molar-refractivity contribution in [1.29, 1.82) is 0 Å². The van der Waals surface area contributed by atoms with Crippen molar-refractivity contribution < 1.29 is 24.5 Å². The number of carboxylic acids is 1. The Labute approximate surface area is 114 Å². The van der Waals surface area contributed by atoms with Gasteiger partial charge in [0.05, 0.1) is 19.6 Å². The van der Waals surface area contributed by atoms with Gasteiger partial charge in [0.15, 0.2) is 11.5 Å². The molecule has 0 saturated carbocycles. The first-order chi connectivity index (χ1) is 9.06. The van der Waals surface area contributed by atoms with Gasteiger partial charge in [-0.05, 0) is 17.7 Å². The Morgan fingerprint density at radius 3 is 2.37 bits per heavy atom. The third-order valence-corrected chi connectivity index (χ3v) is 4.15. The van der Waals surface area contributed by atoms with Crippen molar-refractivity contribution in [2.24, 2.45) is 0 Å². The summed E-state index contributed by atoms with van der Waals surface area (Å²) in [6.45, 7) is 0. The summed E-state index contributed by atoms with van der Waals surface area (Å²) in [5.74, 6) is 0.163. The van der Waals surface area contributed by atoms with Crippen LogP contribution >= 0.6 is 11.8 Å². The first-order valence-electron chi connectivity index (χ1n) is 5.62. The number of phenolic OH excluding ortho intramolecular Hbond substituents is 1. The summed E-state index contributed by atoms with van der Waals surface area (Å²) in [5, 5.41) is 21.6. The molecule has 1 aliphatic rings. The molecule has 0 bridgehead atoms. The normalized spacial score (nSPS) is 22.2. The summed E-state index contributed by atoms with van der Waals surface area (Å²) in [7, 11) is 2.90. The van der Waals surface area contributed by atoms with Gasteiger partial charge in [-0.3, -0.25) is 10.1 Å². The highest BCUT2D eigenvalue weighted by Crippen LogP contribution is 2.42. The maximum Gasteiger partial charge on any atom is 0.321 e. The third-order valence-electron chi connectivity index (χ3n) is 2.89. The molecule has 0 spiro atoms. The molecule has 7 heteroatoms. The van der Waals surface area contributed by atoms with Crippen LogP contribution in [-0.4, -0.2) is 42.2 Å². The molecule has 3 N–H and O–H groups in total. The minimum Gasteiger partial charge on any atom is -0.502 e. The van der Waals surface area contributed by atoms with Crippen LogP contribution in [0.2, 0.25) is 0 Å². The Kier molecular flexibility index (Phi) is 4.06. The van der Waals surface area contributed by atoms with Crippen LogP contribution in [0.4, 0.5) is 0 Å². The summed E-state index contributed by atoms with van der Waals surface area (Å²) in [6.07, 6.45) is 0. The molecule has 6 nitrogen and oxygen atoms in total. The van der Waals surface area contributed by atoms with Crippen LogP contribution in [0.15, 0.2) is 12.1 Å². The number of methoxy groups -OCH3 is 2. The van der Waals surface area contributed by atoms with Gasteiger partial charge >= 0.3 is 5.97 Å². The smallest absolute Gasteiger partial charge is 0.321 e. The molecule has 0 radical (unpaired) electrons. The highest BCUT2D eigenvalue weighted by molar-refractivity contribution is 7.99. The monoisotopic (exact) mass is 285 g/mol. The van der Waals surface area contributed by atoms with Crippen LogP contribution in [0.5, 0.6) is 17.2 Å². The molecule has 104 valence electrons. The predicted molar refractivity (Wildman–Crippen MR) is 71.0 cm³/mol. The minimum atomic E-state index is -0.868. The van der Waals surface area contributed by atoms with Gasteiger partial charge in [-0.25, -0.2) is 0 Å². The number of benzene rings is 1. The van der Waals surface area contributed by atoms with Gasteiger partial charge in [0.1, 0.15) is 6.04 Å². The lowest BCUT2D eigenvalue weighted by Crippen LogP contribution is -2.33. The second kappa shape index (κ2) is 5.58. The maximum absolute atomic E-state index is 10.9. The number of carboxylic acid groups (broad SMARTS) is 1. The van der Waals surface area contributed by atoms with Crippen LogP contribution in [0, 0.1) is 0 Å². The largest absolute Gasteiger partial charge is 0.502 e. The Hall–Kier alpha value is -1.60. The number of nitrogens with one attached hydrogen (secondary N) is 1. The molecule has 2 atom stereocenters. The van der Waals surface area contributed by atoms with Crippen LogP contribution in [0.1, 0.15) is 10.9 Å². The van der Waals surface area contributed by atoms with Gasteiger partial charge in [0.2, 0.25) is 5.75 Å². The van der Waals surface area contributed by atoms with Crippen LogP contribution in [-0.2, 0) is 4.79 Å². The standard InChI is InChI=1S/C12H15NO5S/c1-17-8-3-6(4-9(18-2)10(8)14)11-13-7(5-19-11)12(15)16/h3-4,7,11,13-14H,5H2,1-2H3,(H,15,16)/t7-,11?/m0/s1. The molecule has 1 unspecified atom stereocenters. The highest BCUT2D eigenvalue weighted by Gasteiger charge is 2.31. The van der Waals surface area contributed by atoms with Crippen molar-refractivity contribution >= 4 is 17.7 Å². The lowest BCUT2D eigenvalue weighted by Gasteiger charge is -2.15. The number of aliphatic carboxylic acids is 1. The summed E-state index contributed by atoms with van der Waals surface area (Å²) in [5.41, 5.74) is 0.806. The molecule has 19 heavy (non-hydrogen) atoms. The quantitative estimate of drug-likeness (QED) is 0.766. The van der Waals surface area contributed by atoms with E-state index < -0.39 is 12.0 Å². The van der Waals surface area contributed by atoms with Gasteiger partial charge in [0, 0.05) is 5.75 Å². The van der Waals surface area contributed by atoms with Crippen molar-refractivity contribution in [2.45, 2.75) is 11.4 Å². The number of thioether (sulfide) groups is 1. The summed E-state index contributed by atoms with van der Waals surface area (Å²) in [4.78, 5) is 10.9. The number of ether oxygens (including phenoxy) is 2. The Morgan fingerprint density at radius 1 is 1.37 bits per heavy atom. The topological polar surface area (TPSA) is 88.0 Å². The van der Waals surface area contributed by atoms with Crippen LogP contribution < -0.4 is 14.8 Å². The van der Waals surface area contributed by atoms with E-state index in [0.717, 1.165) is 5.56 Å². The molecule has 1 aromatic carbocycles. The highest BCUT2D eigenvalue weighted by atomic mass is 32.2. The fourth-order valence-corrected chi connectivity index (χ4v) is 3.08. The lowest BCUT2D eigenvalue weighted by molar-refractivity contribution is -0.138. The van der Waals surface area contributed by atoms with E-state index in [1.807, 2.05) is 0 Å². The molecule has 0 aliphatic carbocycles. The van der Waals surface area contributed by atoms with E-state index in [0.29, 0.717) is 17.3 Å². The van der Waals surface area contributed by atoms with E-state index in [1.165, 1.54) is 26.0 Å². The zero-order valence-corrected chi connectivity index (χ0v) is 11.4. The molecule has 0 aromatic heterocycles. The maximum atomic E-state index is 10.9. The van der Waals surface area contributed by atoms with E-state index in [4.69, 9.17) is 14.6 Å². The van der Waals surface area contributed by atoms with E-state index >= 15 is 0 Å². The van der Waals surface area contributed by atoms with Gasteiger partial charge in [-0.1, -0.05) is 0 Å². The molecular weight excluding hydrogens is 270 g/mol. The fourth-order valence-electron chi connectivity index (χ4n) is 1.87. The Morgan fingerprint density at radius 2 is 1.95 bits per heavy atom. The zero-order valence-electron chi connectivity index (χ0n) is 10.5. The molecule has 0 amide bonds. The number of hydrogen-bond acceptors (Lipinski definition) is 6. The van der Waals surface area contributed by atoms with Gasteiger partial charge < -0.3 is 19.7 Å². The number of rotatable bonds is 4. The summed E-state index contributed by atoms with van der Waals surface area (Å²) in [6, 6.07) is 2.78. The Balaban J connectivity index is 2.28. The van der Waals surface area contributed by atoms with Crippen molar-refractivity contribution in [3.63, 3.8) is 0 Å². The van der Waals surface area contributed by atoms with E-state index in [1.54, 1.807) is 12.1 Å².